The van der Waals surface area contributed by atoms with Crippen LogP contribution in [0.15, 0.2) is 24.5 Å². The lowest BCUT2D eigenvalue weighted by molar-refractivity contribution is 0.184. The molecule has 0 bridgehead atoms. The molecule has 17 heavy (non-hydrogen) atoms. The lowest BCUT2D eigenvalue weighted by Gasteiger charge is -2.16. The molecule has 0 aromatic carbocycles. The largest absolute Gasteiger partial charge is 0.473 e. The summed E-state index contributed by atoms with van der Waals surface area (Å²) in [5.41, 5.74) is 7.34. The van der Waals surface area contributed by atoms with E-state index in [1.54, 1.807) is 12.4 Å². The number of aromatic nitrogens is 3. The fourth-order valence-corrected chi connectivity index (χ4v) is 2.16. The summed E-state index contributed by atoms with van der Waals surface area (Å²) in [5.74, 6) is 0.584. The van der Waals surface area contributed by atoms with Crippen LogP contribution in [-0.4, -0.2) is 27.1 Å². The van der Waals surface area contributed by atoms with Gasteiger partial charge in [-0.3, -0.25) is 4.98 Å². The molecule has 2 unspecified atom stereocenters. The molecule has 2 heterocycles. The van der Waals surface area contributed by atoms with Gasteiger partial charge >= 0.3 is 0 Å². The normalized spacial score (nSPS) is 24.1. The predicted octanol–water partition coefficient (Wildman–Crippen LogP) is 1.28. The zero-order valence-electron chi connectivity index (χ0n) is 9.41. The standard InChI is InChI=1S/C12H14N4O/c13-8-2-1-3-10(8)17-11-5-4-9-12(16-11)15-7-6-14-9/h4-8,10H,1-3,13H2. The molecule has 0 spiro atoms. The third-order valence-electron chi connectivity index (χ3n) is 3.08. The summed E-state index contributed by atoms with van der Waals surface area (Å²) in [7, 11) is 0. The van der Waals surface area contributed by atoms with E-state index < -0.39 is 0 Å². The van der Waals surface area contributed by atoms with Crippen molar-refractivity contribution in [1.29, 1.82) is 0 Å². The van der Waals surface area contributed by atoms with Gasteiger partial charge in [-0.15, -0.1) is 0 Å². The highest BCUT2D eigenvalue weighted by molar-refractivity contribution is 5.69. The van der Waals surface area contributed by atoms with Crippen molar-refractivity contribution in [2.24, 2.45) is 5.73 Å². The molecule has 5 heteroatoms. The maximum atomic E-state index is 5.96. The Balaban J connectivity index is 1.85. The van der Waals surface area contributed by atoms with E-state index in [0.29, 0.717) is 11.5 Å². The van der Waals surface area contributed by atoms with Gasteiger partial charge in [-0.1, -0.05) is 0 Å². The Hall–Kier alpha value is -1.75. The number of nitrogens with zero attached hydrogens (tertiary/aromatic N) is 3. The van der Waals surface area contributed by atoms with Crippen molar-refractivity contribution < 1.29 is 4.74 Å². The molecule has 88 valence electrons. The first-order valence-electron chi connectivity index (χ1n) is 5.83. The Morgan fingerprint density at radius 3 is 2.88 bits per heavy atom. The van der Waals surface area contributed by atoms with Crippen LogP contribution in [0, 0.1) is 0 Å². The monoisotopic (exact) mass is 230 g/mol. The van der Waals surface area contributed by atoms with Gasteiger partial charge < -0.3 is 10.5 Å². The number of pyridine rings is 1. The molecule has 0 amide bonds. The molecule has 1 fully saturated rings. The first-order chi connectivity index (χ1) is 8.33. The molecular weight excluding hydrogens is 216 g/mol. The fraction of sp³-hybridized carbons (Fsp3) is 0.417. The van der Waals surface area contributed by atoms with Crippen LogP contribution >= 0.6 is 0 Å². The van der Waals surface area contributed by atoms with Crippen LogP contribution in [0.5, 0.6) is 5.88 Å². The SMILES string of the molecule is NC1CCCC1Oc1ccc2nccnc2n1. The molecule has 0 radical (unpaired) electrons. The van der Waals surface area contributed by atoms with Crippen molar-refractivity contribution in [2.75, 3.05) is 0 Å². The molecule has 3 rings (SSSR count). The minimum Gasteiger partial charge on any atom is -0.473 e. The molecular formula is C12H14N4O. The summed E-state index contributed by atoms with van der Waals surface area (Å²) < 4.78 is 5.79. The number of nitrogens with two attached hydrogens (primary N) is 1. The lowest BCUT2D eigenvalue weighted by atomic mass is 10.2. The quantitative estimate of drug-likeness (QED) is 0.841. The Kier molecular flexibility index (Phi) is 2.60. The minimum absolute atomic E-state index is 0.0802. The van der Waals surface area contributed by atoms with Gasteiger partial charge in [0.15, 0.2) is 5.65 Å². The van der Waals surface area contributed by atoms with Crippen LogP contribution in [0.1, 0.15) is 19.3 Å². The molecule has 2 aromatic heterocycles. The lowest BCUT2D eigenvalue weighted by Crippen LogP contribution is -2.33. The number of rotatable bonds is 2. The second-order valence-electron chi connectivity index (χ2n) is 4.30. The Morgan fingerprint density at radius 2 is 2.06 bits per heavy atom. The van der Waals surface area contributed by atoms with Gasteiger partial charge in [0.2, 0.25) is 5.88 Å². The number of hydrogen-bond acceptors (Lipinski definition) is 5. The Bertz CT molecular complexity index is 531. The van der Waals surface area contributed by atoms with Gasteiger partial charge in [0.1, 0.15) is 11.6 Å². The molecule has 0 saturated heterocycles. The van der Waals surface area contributed by atoms with Crippen molar-refractivity contribution in [3.63, 3.8) is 0 Å². The molecule has 1 aliphatic carbocycles. The highest BCUT2D eigenvalue weighted by Crippen LogP contribution is 2.23. The third-order valence-corrected chi connectivity index (χ3v) is 3.08. The molecule has 0 aliphatic heterocycles. The van der Waals surface area contributed by atoms with Crippen molar-refractivity contribution >= 4 is 11.2 Å². The van der Waals surface area contributed by atoms with E-state index >= 15 is 0 Å². The van der Waals surface area contributed by atoms with Gasteiger partial charge in [-0.25, -0.2) is 4.98 Å². The highest BCUT2D eigenvalue weighted by atomic mass is 16.5. The maximum absolute atomic E-state index is 5.96. The van der Waals surface area contributed by atoms with E-state index in [1.165, 1.54) is 0 Å². The maximum Gasteiger partial charge on any atom is 0.215 e. The predicted molar refractivity (Wildman–Crippen MR) is 63.6 cm³/mol. The molecule has 1 saturated carbocycles. The van der Waals surface area contributed by atoms with Crippen LogP contribution < -0.4 is 10.5 Å². The first kappa shape index (κ1) is 10.4. The second-order valence-corrected chi connectivity index (χ2v) is 4.30. The van der Waals surface area contributed by atoms with Crippen LogP contribution in [-0.2, 0) is 0 Å². The Morgan fingerprint density at radius 1 is 1.18 bits per heavy atom. The van der Waals surface area contributed by atoms with Crippen LogP contribution in [0.4, 0.5) is 0 Å². The molecule has 2 N–H and O–H groups in total. The van der Waals surface area contributed by atoms with E-state index in [1.807, 2.05) is 12.1 Å². The average molecular weight is 230 g/mol. The first-order valence-corrected chi connectivity index (χ1v) is 5.83. The van der Waals surface area contributed by atoms with E-state index in [2.05, 4.69) is 15.0 Å². The van der Waals surface area contributed by atoms with Crippen molar-refractivity contribution in [3.05, 3.63) is 24.5 Å². The van der Waals surface area contributed by atoms with Gasteiger partial charge in [0.25, 0.3) is 0 Å². The molecule has 2 atom stereocenters. The minimum atomic E-state index is 0.0802. The van der Waals surface area contributed by atoms with Gasteiger partial charge in [0, 0.05) is 24.5 Å². The van der Waals surface area contributed by atoms with E-state index in [9.17, 15) is 0 Å². The van der Waals surface area contributed by atoms with Crippen LogP contribution in [0.2, 0.25) is 0 Å². The number of fused-ring (bicyclic) bond motifs is 1. The van der Waals surface area contributed by atoms with Crippen molar-refractivity contribution in [3.8, 4) is 5.88 Å². The second kappa shape index (κ2) is 4.25. The summed E-state index contributed by atoms with van der Waals surface area (Å²) in [6.45, 7) is 0. The zero-order chi connectivity index (χ0) is 11.7. The average Bonchev–Trinajstić information content (AvgIpc) is 2.75. The summed E-state index contributed by atoms with van der Waals surface area (Å²) in [6, 6.07) is 3.81. The Labute approximate surface area is 99.0 Å². The summed E-state index contributed by atoms with van der Waals surface area (Å²) >= 11 is 0. The van der Waals surface area contributed by atoms with E-state index in [-0.39, 0.29) is 12.1 Å². The van der Waals surface area contributed by atoms with Gasteiger partial charge in [-0.05, 0) is 25.3 Å². The topological polar surface area (TPSA) is 73.9 Å². The van der Waals surface area contributed by atoms with Gasteiger partial charge in [-0.2, -0.15) is 4.98 Å². The summed E-state index contributed by atoms with van der Waals surface area (Å²) in [4.78, 5) is 12.6. The zero-order valence-corrected chi connectivity index (χ0v) is 9.41. The summed E-state index contributed by atoms with van der Waals surface area (Å²) in [5, 5.41) is 0. The van der Waals surface area contributed by atoms with Crippen molar-refractivity contribution in [2.45, 2.75) is 31.4 Å². The number of hydrogen-bond donors (Lipinski definition) is 1. The third kappa shape index (κ3) is 2.06. The fourth-order valence-electron chi connectivity index (χ4n) is 2.16. The molecule has 5 nitrogen and oxygen atoms in total. The summed E-state index contributed by atoms with van der Waals surface area (Å²) in [6.07, 6.45) is 6.51. The van der Waals surface area contributed by atoms with E-state index in [4.69, 9.17) is 10.5 Å². The van der Waals surface area contributed by atoms with Gasteiger partial charge in [0.05, 0.1) is 0 Å². The highest BCUT2D eigenvalue weighted by Gasteiger charge is 2.25. The van der Waals surface area contributed by atoms with Crippen molar-refractivity contribution in [1.82, 2.24) is 15.0 Å². The number of ether oxygens (including phenoxy) is 1. The van der Waals surface area contributed by atoms with Crippen LogP contribution in [0.25, 0.3) is 11.2 Å². The molecule has 2 aromatic rings. The van der Waals surface area contributed by atoms with E-state index in [0.717, 1.165) is 24.8 Å². The molecule has 1 aliphatic rings. The van der Waals surface area contributed by atoms with Crippen LogP contribution in [0.3, 0.4) is 0 Å². The smallest absolute Gasteiger partial charge is 0.215 e.